The predicted molar refractivity (Wildman–Crippen MR) is 133 cm³/mol. The number of likely N-dealkylation sites (tertiary alicyclic amines) is 1. The van der Waals surface area contributed by atoms with Gasteiger partial charge in [0.25, 0.3) is 5.91 Å². The lowest BCUT2D eigenvalue weighted by Gasteiger charge is -2.49. The monoisotopic (exact) mass is 533 g/mol. The van der Waals surface area contributed by atoms with E-state index in [1.54, 1.807) is 4.90 Å². The third kappa shape index (κ3) is 6.04. The first-order valence-corrected chi connectivity index (χ1v) is 12.7. The number of benzene rings is 2. The second-order valence-corrected chi connectivity index (χ2v) is 10.1. The van der Waals surface area contributed by atoms with Crippen LogP contribution in [0.15, 0.2) is 53.0 Å². The van der Waals surface area contributed by atoms with E-state index in [1.807, 2.05) is 43.4 Å². The minimum atomic E-state index is -0.255. The lowest BCUT2D eigenvalue weighted by Crippen LogP contribution is -2.64. The van der Waals surface area contributed by atoms with Crippen molar-refractivity contribution in [2.24, 2.45) is 0 Å². The van der Waals surface area contributed by atoms with E-state index in [-0.39, 0.29) is 30.3 Å². The van der Waals surface area contributed by atoms with Crippen molar-refractivity contribution >= 4 is 21.8 Å². The molecule has 0 bridgehead atoms. The highest BCUT2D eigenvalue weighted by Gasteiger charge is 2.36. The molecule has 2 aromatic rings. The molecule has 1 amide bonds. The first-order valence-electron chi connectivity index (χ1n) is 11.9. The number of morpholine rings is 1. The molecule has 0 aliphatic carbocycles. The Bertz CT molecular complexity index is 955. The molecule has 0 saturated carbocycles. The Labute approximate surface area is 209 Å². The van der Waals surface area contributed by atoms with Crippen LogP contribution >= 0.6 is 15.9 Å². The highest BCUT2D eigenvalue weighted by molar-refractivity contribution is 9.10. The van der Waals surface area contributed by atoms with Gasteiger partial charge in [-0.3, -0.25) is 9.69 Å². The Morgan fingerprint density at radius 3 is 2.68 bits per heavy atom. The highest BCUT2D eigenvalue weighted by atomic mass is 79.9. The number of nitrogens with zero attached hydrogens (tertiary/aromatic N) is 3. The number of aliphatic hydroxyl groups is 1. The number of hydrogen-bond donors (Lipinski definition) is 1. The molecule has 2 fully saturated rings. The van der Waals surface area contributed by atoms with Gasteiger partial charge in [0, 0.05) is 49.7 Å². The van der Waals surface area contributed by atoms with Gasteiger partial charge in [0.15, 0.2) is 0 Å². The molecule has 184 valence electrons. The maximum absolute atomic E-state index is 13.6. The molecule has 0 spiro atoms. The van der Waals surface area contributed by atoms with Gasteiger partial charge in [-0.15, -0.1) is 0 Å². The van der Waals surface area contributed by atoms with Crippen molar-refractivity contribution in [3.8, 4) is 0 Å². The van der Waals surface area contributed by atoms with E-state index >= 15 is 0 Å². The normalized spacial score (nSPS) is 20.6. The van der Waals surface area contributed by atoms with Crippen molar-refractivity contribution in [2.75, 3.05) is 59.6 Å². The standard InChI is InChI=1S/C26H33BrFN3O3/c1-29(26(33)24-4-2-3-5-25(24)27)14-20(19-6-8-21(28)9-7-19)10-11-30-15-22(16-30)31-12-13-34-18-23(31)17-32/h2-9,20,22-23,32H,10-18H2,1H3/t20-,23-/m1/s1. The summed E-state index contributed by atoms with van der Waals surface area (Å²) in [6.07, 6.45) is 0.873. The van der Waals surface area contributed by atoms with Crippen LogP contribution in [0.5, 0.6) is 0 Å². The van der Waals surface area contributed by atoms with Crippen molar-refractivity contribution in [2.45, 2.75) is 24.4 Å². The van der Waals surface area contributed by atoms with Gasteiger partial charge in [0.1, 0.15) is 5.82 Å². The number of hydrogen-bond acceptors (Lipinski definition) is 5. The molecule has 0 unspecified atom stereocenters. The molecule has 2 saturated heterocycles. The zero-order chi connectivity index (χ0) is 24.1. The van der Waals surface area contributed by atoms with E-state index < -0.39 is 0 Å². The predicted octanol–water partition coefficient (Wildman–Crippen LogP) is 3.21. The molecular weight excluding hydrogens is 501 g/mol. The Morgan fingerprint density at radius 2 is 1.97 bits per heavy atom. The van der Waals surface area contributed by atoms with Crippen molar-refractivity contribution in [1.29, 1.82) is 0 Å². The fourth-order valence-corrected chi connectivity index (χ4v) is 5.39. The molecule has 2 heterocycles. The quantitative estimate of drug-likeness (QED) is 0.536. The number of rotatable bonds is 9. The summed E-state index contributed by atoms with van der Waals surface area (Å²) in [6, 6.07) is 14.6. The van der Waals surface area contributed by atoms with Crippen LogP contribution in [0.3, 0.4) is 0 Å². The average Bonchev–Trinajstić information content (AvgIpc) is 2.83. The van der Waals surface area contributed by atoms with Gasteiger partial charge in [-0.05, 0) is 58.7 Å². The third-order valence-corrected chi connectivity index (χ3v) is 7.66. The van der Waals surface area contributed by atoms with Crippen LogP contribution < -0.4 is 0 Å². The summed E-state index contributed by atoms with van der Waals surface area (Å²) >= 11 is 3.48. The van der Waals surface area contributed by atoms with Gasteiger partial charge in [0.2, 0.25) is 0 Å². The number of carbonyl (C=O) groups is 1. The van der Waals surface area contributed by atoms with Crippen LogP contribution in [0, 0.1) is 5.82 Å². The van der Waals surface area contributed by atoms with Gasteiger partial charge in [0.05, 0.1) is 31.4 Å². The van der Waals surface area contributed by atoms with Crippen molar-refractivity contribution in [3.63, 3.8) is 0 Å². The zero-order valence-corrected chi connectivity index (χ0v) is 21.2. The van der Waals surface area contributed by atoms with E-state index in [4.69, 9.17) is 4.74 Å². The maximum atomic E-state index is 13.6. The molecule has 0 radical (unpaired) electrons. The molecule has 34 heavy (non-hydrogen) atoms. The second kappa shape index (κ2) is 11.7. The second-order valence-electron chi connectivity index (χ2n) is 9.27. The topological polar surface area (TPSA) is 56.3 Å². The fraction of sp³-hybridized carbons (Fsp3) is 0.500. The van der Waals surface area contributed by atoms with Crippen molar-refractivity contribution < 1.29 is 19.0 Å². The first kappa shape index (κ1) is 25.3. The van der Waals surface area contributed by atoms with Crippen LogP contribution in [-0.4, -0.2) is 97.4 Å². The number of halogens is 2. The molecule has 0 aromatic heterocycles. The van der Waals surface area contributed by atoms with Crippen LogP contribution in [0.2, 0.25) is 0 Å². The minimum absolute atomic E-state index is 0.0361. The largest absolute Gasteiger partial charge is 0.395 e. The number of aliphatic hydroxyl groups excluding tert-OH is 1. The van der Waals surface area contributed by atoms with E-state index in [2.05, 4.69) is 25.7 Å². The SMILES string of the molecule is CN(C[C@@H](CCN1CC(N2CCOC[C@H]2CO)C1)c1ccc(F)cc1)C(=O)c1ccccc1Br. The van der Waals surface area contributed by atoms with Crippen LogP contribution in [0.25, 0.3) is 0 Å². The Morgan fingerprint density at radius 1 is 1.24 bits per heavy atom. The molecule has 1 N–H and O–H groups in total. The summed E-state index contributed by atoms with van der Waals surface area (Å²) in [5.41, 5.74) is 1.68. The summed E-state index contributed by atoms with van der Waals surface area (Å²) in [5, 5.41) is 9.65. The molecule has 6 nitrogen and oxygen atoms in total. The minimum Gasteiger partial charge on any atom is -0.395 e. The number of carbonyl (C=O) groups excluding carboxylic acids is 1. The van der Waals surface area contributed by atoms with Gasteiger partial charge in [-0.25, -0.2) is 4.39 Å². The Balaban J connectivity index is 1.36. The lowest BCUT2D eigenvalue weighted by molar-refractivity contribution is -0.0817. The van der Waals surface area contributed by atoms with Crippen molar-refractivity contribution in [1.82, 2.24) is 14.7 Å². The zero-order valence-electron chi connectivity index (χ0n) is 19.6. The molecule has 2 aliphatic rings. The summed E-state index contributed by atoms with van der Waals surface area (Å²) in [5.74, 6) is -0.190. The summed E-state index contributed by atoms with van der Waals surface area (Å²) in [6.45, 7) is 5.71. The van der Waals surface area contributed by atoms with E-state index in [0.717, 1.165) is 49.2 Å². The first-order chi connectivity index (χ1) is 16.5. The average molecular weight is 534 g/mol. The van der Waals surface area contributed by atoms with Crippen LogP contribution in [0.4, 0.5) is 4.39 Å². The number of likely N-dealkylation sites (N-methyl/N-ethyl adjacent to an activating group) is 1. The maximum Gasteiger partial charge on any atom is 0.254 e. The molecule has 2 aromatic carbocycles. The number of amides is 1. The lowest BCUT2D eigenvalue weighted by atomic mass is 9.93. The van der Waals surface area contributed by atoms with E-state index in [1.165, 1.54) is 12.1 Å². The number of ether oxygens (including phenoxy) is 1. The van der Waals surface area contributed by atoms with Crippen LogP contribution in [0.1, 0.15) is 28.3 Å². The highest BCUT2D eigenvalue weighted by Crippen LogP contribution is 2.26. The van der Waals surface area contributed by atoms with E-state index in [9.17, 15) is 14.3 Å². The Kier molecular flexibility index (Phi) is 8.71. The molecule has 2 aliphatic heterocycles. The molecule has 2 atom stereocenters. The summed E-state index contributed by atoms with van der Waals surface area (Å²) in [7, 11) is 1.82. The Hall–Kier alpha value is -1.84. The van der Waals surface area contributed by atoms with Gasteiger partial charge in [-0.2, -0.15) is 0 Å². The summed E-state index contributed by atoms with van der Waals surface area (Å²) in [4.78, 5) is 19.6. The van der Waals surface area contributed by atoms with Crippen molar-refractivity contribution in [3.05, 3.63) is 69.9 Å². The third-order valence-electron chi connectivity index (χ3n) is 6.97. The van der Waals surface area contributed by atoms with Crippen LogP contribution in [-0.2, 0) is 4.74 Å². The molecular formula is C26H33BrFN3O3. The van der Waals surface area contributed by atoms with Gasteiger partial charge >= 0.3 is 0 Å². The molecule has 8 heteroatoms. The smallest absolute Gasteiger partial charge is 0.254 e. The van der Waals surface area contributed by atoms with Gasteiger partial charge in [-0.1, -0.05) is 24.3 Å². The van der Waals surface area contributed by atoms with E-state index in [0.29, 0.717) is 24.8 Å². The summed E-state index contributed by atoms with van der Waals surface area (Å²) < 4.78 is 19.8. The fourth-order valence-electron chi connectivity index (χ4n) is 4.93. The molecule has 4 rings (SSSR count). The van der Waals surface area contributed by atoms with Gasteiger partial charge < -0.3 is 19.6 Å².